The molecular weight excluding hydrogens is 232 g/mol. The van der Waals surface area contributed by atoms with E-state index in [1.54, 1.807) is 6.07 Å². The van der Waals surface area contributed by atoms with E-state index in [9.17, 15) is 0 Å². The first kappa shape index (κ1) is 13.0. The summed E-state index contributed by atoms with van der Waals surface area (Å²) >= 11 is 0. The Morgan fingerprint density at radius 1 is 1.44 bits per heavy atom. The third-order valence-electron chi connectivity index (χ3n) is 2.89. The summed E-state index contributed by atoms with van der Waals surface area (Å²) in [5.74, 6) is 2.70. The van der Waals surface area contributed by atoms with Crippen LogP contribution < -0.4 is 10.6 Å². The molecule has 0 unspecified atom stereocenters. The minimum absolute atomic E-state index is 0.0516. The quantitative estimate of drug-likeness (QED) is 0.683. The molecule has 3 N–H and O–H groups in total. The summed E-state index contributed by atoms with van der Waals surface area (Å²) in [4.78, 5) is 10.8. The standard InChI is InChI=1S/C12H20N4O2/c1-16(4-6-18-7-5-17)11-8-10(13)14-12(15-11)9-2-3-9/h8-9,17H,2-7H2,1H3,(H2,13,14,15). The van der Waals surface area contributed by atoms with Crippen LogP contribution in [0.3, 0.4) is 0 Å². The normalized spacial score (nSPS) is 14.8. The van der Waals surface area contributed by atoms with Gasteiger partial charge in [0.25, 0.3) is 0 Å². The molecule has 1 aliphatic rings. The molecule has 100 valence electrons. The highest BCUT2D eigenvalue weighted by molar-refractivity contribution is 5.47. The fourth-order valence-electron chi connectivity index (χ4n) is 1.67. The Morgan fingerprint density at radius 3 is 2.89 bits per heavy atom. The Bertz CT molecular complexity index is 396. The van der Waals surface area contributed by atoms with Gasteiger partial charge >= 0.3 is 0 Å². The third-order valence-corrected chi connectivity index (χ3v) is 2.89. The highest BCUT2D eigenvalue weighted by Crippen LogP contribution is 2.38. The summed E-state index contributed by atoms with van der Waals surface area (Å²) in [5, 5.41) is 8.61. The highest BCUT2D eigenvalue weighted by Gasteiger charge is 2.27. The number of rotatable bonds is 7. The van der Waals surface area contributed by atoms with E-state index in [0.29, 0.717) is 31.5 Å². The van der Waals surface area contributed by atoms with E-state index in [-0.39, 0.29) is 6.61 Å². The largest absolute Gasteiger partial charge is 0.394 e. The SMILES string of the molecule is CN(CCOCCO)c1cc(N)nc(C2CC2)n1. The van der Waals surface area contributed by atoms with Crippen LogP contribution in [0.1, 0.15) is 24.6 Å². The molecule has 0 atom stereocenters. The van der Waals surface area contributed by atoms with E-state index >= 15 is 0 Å². The van der Waals surface area contributed by atoms with E-state index in [0.717, 1.165) is 24.5 Å². The first-order valence-corrected chi connectivity index (χ1v) is 6.25. The Morgan fingerprint density at radius 2 is 2.22 bits per heavy atom. The van der Waals surface area contributed by atoms with Gasteiger partial charge in [0.15, 0.2) is 0 Å². The van der Waals surface area contributed by atoms with Crippen LogP contribution in [0.25, 0.3) is 0 Å². The zero-order chi connectivity index (χ0) is 13.0. The van der Waals surface area contributed by atoms with Gasteiger partial charge in [-0.15, -0.1) is 0 Å². The van der Waals surface area contributed by atoms with E-state index in [1.807, 2.05) is 11.9 Å². The van der Waals surface area contributed by atoms with Gasteiger partial charge < -0.3 is 20.5 Å². The predicted octanol–water partition coefficient (Wildman–Crippen LogP) is 0.381. The van der Waals surface area contributed by atoms with E-state index in [4.69, 9.17) is 15.6 Å². The minimum Gasteiger partial charge on any atom is -0.394 e. The molecule has 1 fully saturated rings. The van der Waals surface area contributed by atoms with Crippen LogP contribution in [0, 0.1) is 0 Å². The van der Waals surface area contributed by atoms with Crippen molar-refractivity contribution in [3.05, 3.63) is 11.9 Å². The average molecular weight is 252 g/mol. The molecule has 1 heterocycles. The van der Waals surface area contributed by atoms with Crippen LogP contribution in [0.5, 0.6) is 0 Å². The minimum atomic E-state index is 0.0516. The van der Waals surface area contributed by atoms with Crippen LogP contribution in [0.15, 0.2) is 6.07 Å². The second kappa shape index (κ2) is 5.97. The van der Waals surface area contributed by atoms with Gasteiger partial charge in [0.1, 0.15) is 17.5 Å². The molecule has 0 bridgehead atoms. The number of nitrogens with two attached hydrogens (primary N) is 1. The lowest BCUT2D eigenvalue weighted by Crippen LogP contribution is -2.24. The molecule has 1 aromatic heterocycles. The van der Waals surface area contributed by atoms with Crippen molar-refractivity contribution in [1.29, 1.82) is 0 Å². The molecule has 6 nitrogen and oxygen atoms in total. The molecule has 0 spiro atoms. The Kier molecular flexibility index (Phi) is 4.33. The molecule has 1 aromatic rings. The number of hydrogen-bond acceptors (Lipinski definition) is 6. The molecule has 0 aromatic carbocycles. The molecule has 0 aliphatic heterocycles. The van der Waals surface area contributed by atoms with Gasteiger partial charge in [-0.2, -0.15) is 0 Å². The summed E-state index contributed by atoms with van der Waals surface area (Å²) in [6.07, 6.45) is 2.32. The van der Waals surface area contributed by atoms with Crippen molar-refractivity contribution >= 4 is 11.6 Å². The molecule has 0 saturated heterocycles. The number of nitrogen functional groups attached to an aromatic ring is 1. The predicted molar refractivity (Wildman–Crippen MR) is 69.6 cm³/mol. The van der Waals surface area contributed by atoms with Crippen LogP contribution >= 0.6 is 0 Å². The summed E-state index contributed by atoms with van der Waals surface area (Å²) in [7, 11) is 1.95. The van der Waals surface area contributed by atoms with Crippen LogP contribution in [0.2, 0.25) is 0 Å². The molecule has 18 heavy (non-hydrogen) atoms. The maximum atomic E-state index is 8.61. The van der Waals surface area contributed by atoms with Gasteiger partial charge in [-0.3, -0.25) is 0 Å². The Labute approximate surface area is 107 Å². The van der Waals surface area contributed by atoms with Crippen LogP contribution in [0.4, 0.5) is 11.6 Å². The lowest BCUT2D eigenvalue weighted by Gasteiger charge is -2.18. The van der Waals surface area contributed by atoms with Crippen molar-refractivity contribution in [2.75, 3.05) is 44.0 Å². The monoisotopic (exact) mass is 252 g/mol. The molecule has 0 radical (unpaired) electrons. The van der Waals surface area contributed by atoms with Gasteiger partial charge in [0, 0.05) is 25.6 Å². The van der Waals surface area contributed by atoms with Gasteiger partial charge in [-0.25, -0.2) is 9.97 Å². The molecule has 1 saturated carbocycles. The topological polar surface area (TPSA) is 84.5 Å². The van der Waals surface area contributed by atoms with E-state index in [1.165, 1.54) is 0 Å². The molecule has 6 heteroatoms. The zero-order valence-electron chi connectivity index (χ0n) is 10.7. The van der Waals surface area contributed by atoms with Gasteiger partial charge in [0.2, 0.25) is 0 Å². The fourth-order valence-corrected chi connectivity index (χ4v) is 1.67. The van der Waals surface area contributed by atoms with Crippen molar-refractivity contribution in [2.24, 2.45) is 0 Å². The van der Waals surface area contributed by atoms with Crippen molar-refractivity contribution in [1.82, 2.24) is 9.97 Å². The van der Waals surface area contributed by atoms with Crippen molar-refractivity contribution in [3.63, 3.8) is 0 Å². The van der Waals surface area contributed by atoms with E-state index < -0.39 is 0 Å². The second-order valence-corrected chi connectivity index (χ2v) is 4.54. The van der Waals surface area contributed by atoms with E-state index in [2.05, 4.69) is 9.97 Å². The van der Waals surface area contributed by atoms with Crippen molar-refractivity contribution < 1.29 is 9.84 Å². The lowest BCUT2D eigenvalue weighted by atomic mass is 10.3. The number of hydrogen-bond donors (Lipinski definition) is 2. The van der Waals surface area contributed by atoms with Gasteiger partial charge in [-0.05, 0) is 12.8 Å². The number of ether oxygens (including phenoxy) is 1. The van der Waals surface area contributed by atoms with Gasteiger partial charge in [-0.1, -0.05) is 0 Å². The summed E-state index contributed by atoms with van der Waals surface area (Å²) in [5.41, 5.74) is 5.80. The maximum Gasteiger partial charge on any atom is 0.136 e. The zero-order valence-corrected chi connectivity index (χ0v) is 10.7. The first-order valence-electron chi connectivity index (χ1n) is 6.25. The second-order valence-electron chi connectivity index (χ2n) is 4.54. The molecule has 2 rings (SSSR count). The smallest absolute Gasteiger partial charge is 0.136 e. The third kappa shape index (κ3) is 3.54. The fraction of sp³-hybridized carbons (Fsp3) is 0.667. The molecule has 1 aliphatic carbocycles. The summed E-state index contributed by atoms with van der Waals surface area (Å²) in [6.45, 7) is 1.68. The number of aliphatic hydroxyl groups is 1. The lowest BCUT2D eigenvalue weighted by molar-refractivity contribution is 0.0970. The number of aromatic nitrogens is 2. The molecular formula is C12H20N4O2. The average Bonchev–Trinajstić information content (AvgIpc) is 3.18. The van der Waals surface area contributed by atoms with Crippen molar-refractivity contribution in [2.45, 2.75) is 18.8 Å². The number of nitrogens with zero attached hydrogens (tertiary/aromatic N) is 3. The number of likely N-dealkylation sites (N-methyl/N-ethyl adjacent to an activating group) is 1. The Balaban J connectivity index is 1.94. The van der Waals surface area contributed by atoms with Crippen molar-refractivity contribution in [3.8, 4) is 0 Å². The summed E-state index contributed by atoms with van der Waals surface area (Å²) in [6, 6.07) is 1.78. The first-order chi connectivity index (χ1) is 8.70. The maximum absolute atomic E-state index is 8.61. The summed E-state index contributed by atoms with van der Waals surface area (Å²) < 4.78 is 5.23. The molecule has 0 amide bonds. The van der Waals surface area contributed by atoms with Gasteiger partial charge in [0.05, 0.1) is 19.8 Å². The number of anilines is 2. The van der Waals surface area contributed by atoms with Crippen LogP contribution in [-0.4, -0.2) is 48.5 Å². The van der Waals surface area contributed by atoms with Crippen LogP contribution in [-0.2, 0) is 4.74 Å². The number of aliphatic hydroxyl groups excluding tert-OH is 1. The highest BCUT2D eigenvalue weighted by atomic mass is 16.5. The Hall–Kier alpha value is -1.40.